The number of carbonyl (C=O) groups excluding carboxylic acids is 1. The molecule has 0 aliphatic rings. The van der Waals surface area contributed by atoms with Crippen molar-refractivity contribution in [3.8, 4) is 5.75 Å². The van der Waals surface area contributed by atoms with Gasteiger partial charge in [-0.2, -0.15) is 0 Å². The molecule has 0 saturated carbocycles. The smallest absolute Gasteiger partial charge is 0.241 e. The zero-order chi connectivity index (χ0) is 18.2. The minimum atomic E-state index is -3.78. The number of ketones is 1. The molecular formula is C17H14ClNO5S. The number of sulfonamides is 1. The third-order valence-corrected chi connectivity index (χ3v) is 5.59. The average Bonchev–Trinajstić information content (AvgIpc) is 3.04. The van der Waals surface area contributed by atoms with E-state index in [9.17, 15) is 13.2 Å². The summed E-state index contributed by atoms with van der Waals surface area (Å²) in [6.07, 6.45) is 0. The fourth-order valence-electron chi connectivity index (χ4n) is 2.36. The first-order chi connectivity index (χ1) is 11.9. The van der Waals surface area contributed by atoms with E-state index >= 15 is 0 Å². The summed E-state index contributed by atoms with van der Waals surface area (Å²) in [6, 6.07) is 10.8. The van der Waals surface area contributed by atoms with Crippen LogP contribution in [-0.4, -0.2) is 28.4 Å². The molecule has 3 aromatic rings. The highest BCUT2D eigenvalue weighted by atomic mass is 35.5. The number of nitrogens with one attached hydrogen (secondary N) is 1. The van der Waals surface area contributed by atoms with E-state index in [1.165, 1.54) is 25.2 Å². The minimum absolute atomic E-state index is 0.0280. The van der Waals surface area contributed by atoms with Gasteiger partial charge in [0.15, 0.2) is 5.76 Å². The summed E-state index contributed by atoms with van der Waals surface area (Å²) >= 11 is 5.94. The molecule has 1 aromatic heterocycles. The number of halogens is 1. The highest BCUT2D eigenvalue weighted by Crippen LogP contribution is 2.27. The van der Waals surface area contributed by atoms with Crippen LogP contribution in [0.5, 0.6) is 5.75 Å². The Bertz CT molecular complexity index is 1070. The number of rotatable bonds is 5. The van der Waals surface area contributed by atoms with Crippen LogP contribution in [0.4, 0.5) is 0 Å². The average molecular weight is 380 g/mol. The highest BCUT2D eigenvalue weighted by molar-refractivity contribution is 7.89. The van der Waals surface area contributed by atoms with Gasteiger partial charge in [-0.05, 0) is 49.5 Å². The second-order valence-electron chi connectivity index (χ2n) is 5.20. The number of hydrogen-bond acceptors (Lipinski definition) is 5. The number of ether oxygens (including phenoxy) is 1. The topological polar surface area (TPSA) is 85.6 Å². The first-order valence-corrected chi connectivity index (χ1v) is 9.07. The summed E-state index contributed by atoms with van der Waals surface area (Å²) in [4.78, 5) is 12.5. The van der Waals surface area contributed by atoms with Crippen LogP contribution in [0.1, 0.15) is 16.1 Å². The molecule has 0 aliphatic carbocycles. The molecule has 0 atom stereocenters. The first kappa shape index (κ1) is 17.5. The summed E-state index contributed by atoms with van der Waals surface area (Å²) < 4.78 is 36.9. The predicted molar refractivity (Wildman–Crippen MR) is 93.9 cm³/mol. The van der Waals surface area contributed by atoms with Gasteiger partial charge in [0.05, 0.1) is 12.1 Å². The largest absolute Gasteiger partial charge is 0.497 e. The Morgan fingerprint density at radius 2 is 1.92 bits per heavy atom. The first-order valence-electron chi connectivity index (χ1n) is 7.21. The Hall–Kier alpha value is -2.35. The normalized spacial score (nSPS) is 11.6. The lowest BCUT2D eigenvalue weighted by molar-refractivity contribution is 0.101. The Labute approximate surface area is 149 Å². The predicted octanol–water partition coefficient (Wildman–Crippen LogP) is 3.23. The summed E-state index contributed by atoms with van der Waals surface area (Å²) in [5.74, 6) is 0.291. The Morgan fingerprint density at radius 1 is 1.16 bits per heavy atom. The minimum Gasteiger partial charge on any atom is -0.497 e. The zero-order valence-electron chi connectivity index (χ0n) is 13.4. The lowest BCUT2D eigenvalue weighted by atomic mass is 10.1. The van der Waals surface area contributed by atoms with Crippen LogP contribution in [0, 0.1) is 0 Å². The Morgan fingerprint density at radius 3 is 2.60 bits per heavy atom. The Kier molecular flexibility index (Phi) is 4.55. The van der Waals surface area contributed by atoms with Gasteiger partial charge in [0, 0.05) is 10.9 Å². The molecule has 0 bridgehead atoms. The van der Waals surface area contributed by atoms with Crippen molar-refractivity contribution in [1.29, 1.82) is 0 Å². The lowest BCUT2D eigenvalue weighted by Crippen LogP contribution is -2.19. The third-order valence-electron chi connectivity index (χ3n) is 3.70. The van der Waals surface area contributed by atoms with Gasteiger partial charge in [-0.15, -0.1) is 0 Å². The molecule has 130 valence electrons. The number of carbonyl (C=O) groups is 1. The molecule has 0 unspecified atom stereocenters. The SMILES string of the molecule is CNS(=O)(=O)c1cc(C(=O)c2cc3cc(OC)ccc3o2)ccc1Cl. The number of fused-ring (bicyclic) bond motifs is 1. The second kappa shape index (κ2) is 6.51. The number of hydrogen-bond donors (Lipinski definition) is 1. The molecule has 2 aromatic carbocycles. The van der Waals surface area contributed by atoms with E-state index in [0.717, 1.165) is 0 Å². The number of benzene rings is 2. The van der Waals surface area contributed by atoms with Crippen LogP contribution in [0.3, 0.4) is 0 Å². The van der Waals surface area contributed by atoms with Crippen molar-refractivity contribution in [2.45, 2.75) is 4.90 Å². The molecule has 8 heteroatoms. The van der Waals surface area contributed by atoms with E-state index in [-0.39, 0.29) is 21.2 Å². The van der Waals surface area contributed by atoms with Crippen molar-refractivity contribution < 1.29 is 22.4 Å². The fourth-order valence-corrected chi connectivity index (χ4v) is 3.61. The third kappa shape index (κ3) is 3.26. The van der Waals surface area contributed by atoms with E-state index in [1.807, 2.05) is 0 Å². The van der Waals surface area contributed by atoms with Crippen molar-refractivity contribution >= 4 is 38.4 Å². The van der Waals surface area contributed by atoms with Crippen molar-refractivity contribution in [3.63, 3.8) is 0 Å². The molecule has 6 nitrogen and oxygen atoms in total. The monoisotopic (exact) mass is 379 g/mol. The van der Waals surface area contributed by atoms with Gasteiger partial charge in [0.25, 0.3) is 0 Å². The van der Waals surface area contributed by atoms with Crippen LogP contribution >= 0.6 is 11.6 Å². The van der Waals surface area contributed by atoms with Gasteiger partial charge in [-0.25, -0.2) is 13.1 Å². The molecule has 0 saturated heterocycles. The van der Waals surface area contributed by atoms with Crippen LogP contribution in [0.15, 0.2) is 51.8 Å². The number of methoxy groups -OCH3 is 1. The fraction of sp³-hybridized carbons (Fsp3) is 0.118. The van der Waals surface area contributed by atoms with Crippen molar-refractivity contribution in [3.05, 3.63) is 58.8 Å². The Balaban J connectivity index is 2.05. The van der Waals surface area contributed by atoms with E-state index in [0.29, 0.717) is 16.7 Å². The molecule has 25 heavy (non-hydrogen) atoms. The standard InChI is InChI=1S/C17H14ClNO5S/c1-19-25(21,22)16-9-10(3-5-13(16)18)17(20)15-8-11-7-12(23-2)4-6-14(11)24-15/h3-9,19H,1-2H3. The molecular weight excluding hydrogens is 366 g/mol. The second-order valence-corrected chi connectivity index (χ2v) is 7.46. The van der Waals surface area contributed by atoms with Crippen molar-refractivity contribution in [1.82, 2.24) is 4.72 Å². The maximum Gasteiger partial charge on any atom is 0.241 e. The molecule has 0 amide bonds. The van der Waals surface area contributed by atoms with Crippen LogP contribution < -0.4 is 9.46 Å². The quantitative estimate of drug-likeness (QED) is 0.688. The van der Waals surface area contributed by atoms with Crippen molar-refractivity contribution in [2.24, 2.45) is 0 Å². The van der Waals surface area contributed by atoms with E-state index in [1.54, 1.807) is 31.4 Å². The van der Waals surface area contributed by atoms with Gasteiger partial charge in [-0.1, -0.05) is 11.6 Å². The van der Waals surface area contributed by atoms with Crippen LogP contribution in [0.2, 0.25) is 5.02 Å². The molecule has 0 fully saturated rings. The number of furan rings is 1. The zero-order valence-corrected chi connectivity index (χ0v) is 14.9. The molecule has 0 spiro atoms. The molecule has 1 N–H and O–H groups in total. The van der Waals surface area contributed by atoms with E-state index < -0.39 is 15.8 Å². The van der Waals surface area contributed by atoms with Crippen LogP contribution in [-0.2, 0) is 10.0 Å². The molecule has 1 heterocycles. The van der Waals surface area contributed by atoms with Gasteiger partial charge in [0.1, 0.15) is 16.2 Å². The van der Waals surface area contributed by atoms with Gasteiger partial charge in [0.2, 0.25) is 15.8 Å². The van der Waals surface area contributed by atoms with Crippen molar-refractivity contribution in [2.75, 3.05) is 14.2 Å². The van der Waals surface area contributed by atoms with Gasteiger partial charge < -0.3 is 9.15 Å². The summed E-state index contributed by atoms with van der Waals surface area (Å²) in [6.45, 7) is 0. The van der Waals surface area contributed by atoms with E-state index in [2.05, 4.69) is 4.72 Å². The summed E-state index contributed by atoms with van der Waals surface area (Å²) in [7, 11) is -0.965. The molecule has 0 radical (unpaired) electrons. The maximum absolute atomic E-state index is 12.7. The van der Waals surface area contributed by atoms with Gasteiger partial charge >= 0.3 is 0 Å². The maximum atomic E-state index is 12.7. The summed E-state index contributed by atoms with van der Waals surface area (Å²) in [5, 5.41) is 0.736. The summed E-state index contributed by atoms with van der Waals surface area (Å²) in [5.41, 5.74) is 0.686. The van der Waals surface area contributed by atoms with E-state index in [4.69, 9.17) is 20.8 Å². The van der Waals surface area contributed by atoms with Crippen LogP contribution in [0.25, 0.3) is 11.0 Å². The van der Waals surface area contributed by atoms with Gasteiger partial charge in [-0.3, -0.25) is 4.79 Å². The lowest BCUT2D eigenvalue weighted by Gasteiger charge is -2.06. The molecule has 0 aliphatic heterocycles. The molecule has 3 rings (SSSR count). The highest BCUT2D eigenvalue weighted by Gasteiger charge is 2.21.